The summed E-state index contributed by atoms with van der Waals surface area (Å²) in [5, 5.41) is 2.39. The number of nitrogens with zero attached hydrogens (tertiary/aromatic N) is 4. The molecule has 4 aromatic carbocycles. The van der Waals surface area contributed by atoms with Crippen LogP contribution in [0.3, 0.4) is 0 Å². The number of fused-ring (bicyclic) bond motifs is 3. The molecule has 3 heterocycles. The molecule has 0 aliphatic heterocycles. The Hall–Kier alpha value is -5.47. The molecule has 0 unspecified atom stereocenters. The third kappa shape index (κ3) is 5.16. The van der Waals surface area contributed by atoms with Crippen LogP contribution in [0, 0.1) is 12.5 Å². The summed E-state index contributed by atoms with van der Waals surface area (Å²) in [5.74, 6) is 1.49. The molecule has 0 fully saturated rings. The molecule has 0 aliphatic rings. The van der Waals surface area contributed by atoms with E-state index >= 15 is 0 Å². The van der Waals surface area contributed by atoms with Crippen LogP contribution in [0.2, 0.25) is 0 Å². The van der Waals surface area contributed by atoms with E-state index in [-0.39, 0.29) is 6.71 Å². The van der Waals surface area contributed by atoms with Crippen molar-refractivity contribution in [1.29, 1.82) is 0 Å². The molecule has 0 atom stereocenters. The maximum Gasteiger partial charge on any atom is 0.239 e. The van der Waals surface area contributed by atoms with E-state index in [0.29, 0.717) is 11.6 Å². The minimum Gasteiger partial charge on any atom is -0.294 e. The Morgan fingerprint density at radius 2 is 1.48 bits per heavy atom. The van der Waals surface area contributed by atoms with Crippen LogP contribution in [0.15, 0.2) is 134 Å². The molecule has 0 bridgehead atoms. The smallest absolute Gasteiger partial charge is 0.239 e. The summed E-state index contributed by atoms with van der Waals surface area (Å²) in [6.07, 6.45) is 4.73. The van der Waals surface area contributed by atoms with Crippen molar-refractivity contribution in [1.82, 2.24) is 14.5 Å². The molecule has 0 N–H and O–H groups in total. The average Bonchev–Trinajstić information content (AvgIpc) is 3.39. The van der Waals surface area contributed by atoms with Crippen LogP contribution in [0.25, 0.3) is 43.7 Å². The number of rotatable bonds is 7. The summed E-state index contributed by atoms with van der Waals surface area (Å²) >= 11 is 0. The Bertz CT molecular complexity index is 2140. The van der Waals surface area contributed by atoms with Crippen LogP contribution in [-0.2, 0) is 6.42 Å². The van der Waals surface area contributed by atoms with Gasteiger partial charge in [0.1, 0.15) is 5.82 Å². The van der Waals surface area contributed by atoms with Gasteiger partial charge in [-0.3, -0.25) is 9.55 Å². The van der Waals surface area contributed by atoms with Crippen molar-refractivity contribution in [2.24, 2.45) is 5.92 Å². The van der Waals surface area contributed by atoms with E-state index in [9.17, 15) is 0 Å². The fraction of sp³-hybridized carbons (Fsp3) is 0.103. The van der Waals surface area contributed by atoms with Gasteiger partial charge in [-0.15, -0.1) is 0 Å². The van der Waals surface area contributed by atoms with Crippen LogP contribution in [-0.4, -0.2) is 21.2 Å². The summed E-state index contributed by atoms with van der Waals surface area (Å²) in [4.78, 5) is 13.3. The Labute approximate surface area is 258 Å². The number of hydrogen-bond donors (Lipinski definition) is 0. The van der Waals surface area contributed by atoms with Crippen LogP contribution in [0.5, 0.6) is 0 Å². The highest BCUT2D eigenvalue weighted by atomic mass is 15.1. The first kappa shape index (κ1) is 27.4. The first-order valence-corrected chi connectivity index (χ1v) is 15.1. The zero-order valence-electron chi connectivity index (χ0n) is 24.9. The van der Waals surface area contributed by atoms with Gasteiger partial charge in [0.2, 0.25) is 6.71 Å². The molecule has 0 saturated heterocycles. The normalized spacial score (nSPS) is 11.2. The lowest BCUT2D eigenvalue weighted by molar-refractivity contribution is 0.646. The number of para-hydroxylation sites is 1. The monoisotopic (exact) mass is 566 g/mol. The molecular weight excluding hydrogens is 535 g/mol. The van der Waals surface area contributed by atoms with Gasteiger partial charge in [0.25, 0.3) is 0 Å². The molecule has 3 aromatic heterocycles. The van der Waals surface area contributed by atoms with Gasteiger partial charge in [-0.2, -0.15) is 0 Å². The molecule has 7 aromatic rings. The van der Waals surface area contributed by atoms with E-state index in [4.69, 9.17) is 11.6 Å². The first-order valence-electron chi connectivity index (χ1n) is 15.1. The van der Waals surface area contributed by atoms with Gasteiger partial charge in [0, 0.05) is 23.2 Å². The number of hydrogen-bond acceptors (Lipinski definition) is 2. The number of benzene rings is 4. The highest BCUT2D eigenvalue weighted by Gasteiger charge is 2.25. The third-order valence-corrected chi connectivity index (χ3v) is 8.21. The van der Waals surface area contributed by atoms with Crippen molar-refractivity contribution in [3.63, 3.8) is 0 Å². The molecule has 0 saturated carbocycles. The number of pyridine rings is 2. The summed E-state index contributed by atoms with van der Waals surface area (Å²) in [7, 11) is 0. The van der Waals surface area contributed by atoms with Gasteiger partial charge in [-0.05, 0) is 65.9 Å². The lowest BCUT2D eigenvalue weighted by atomic mass is 9.36. The van der Waals surface area contributed by atoms with E-state index in [1.165, 1.54) is 21.8 Å². The highest BCUT2D eigenvalue weighted by Crippen LogP contribution is 2.31. The topological polar surface area (TPSA) is 35.1 Å². The maximum atomic E-state index is 7.90. The van der Waals surface area contributed by atoms with E-state index < -0.39 is 0 Å². The SMILES string of the molecule is [C-]#[N+]c1cc(B(c2ccccc2)c2ccc3c4ccccc4n(-c4cc(CC(C)C)ccn4)c3c2)cc(-c2ccccn2)c1. The second-order valence-electron chi connectivity index (χ2n) is 11.7. The van der Waals surface area contributed by atoms with Crippen LogP contribution < -0.4 is 16.4 Å². The van der Waals surface area contributed by atoms with E-state index in [2.05, 4.69) is 113 Å². The molecule has 4 nitrogen and oxygen atoms in total. The molecule has 44 heavy (non-hydrogen) atoms. The van der Waals surface area contributed by atoms with Crippen LogP contribution in [0.1, 0.15) is 19.4 Å². The molecule has 210 valence electrons. The molecule has 7 rings (SSSR count). The first-order chi connectivity index (χ1) is 21.6. The molecule has 0 spiro atoms. The van der Waals surface area contributed by atoms with Gasteiger partial charge in [0.15, 0.2) is 5.69 Å². The van der Waals surface area contributed by atoms with Crippen molar-refractivity contribution in [2.45, 2.75) is 20.3 Å². The number of aromatic nitrogens is 3. The second kappa shape index (κ2) is 11.7. The molecular formula is C39H31BN4. The standard InChI is InChI=1S/C39H31BN4/c1-27(2)21-28-18-20-43-39(22-28)44-37-15-8-7-13-34(37)35-17-16-31(26-38(35)44)40(30-11-5-4-6-12-30)32-23-29(24-33(25-32)41-3)36-14-9-10-19-42-36/h4-20,22-27H,21H2,1-2H3. The molecule has 0 amide bonds. The van der Waals surface area contributed by atoms with Crippen LogP contribution in [0.4, 0.5) is 5.69 Å². The van der Waals surface area contributed by atoms with E-state index in [0.717, 1.165) is 45.5 Å². The second-order valence-corrected chi connectivity index (χ2v) is 11.7. The van der Waals surface area contributed by atoms with Crippen molar-refractivity contribution in [3.05, 3.63) is 151 Å². The Morgan fingerprint density at radius 3 is 2.27 bits per heavy atom. The summed E-state index contributed by atoms with van der Waals surface area (Å²) in [5.41, 5.74) is 9.32. The van der Waals surface area contributed by atoms with E-state index in [1.807, 2.05) is 42.6 Å². The van der Waals surface area contributed by atoms with Gasteiger partial charge in [0.05, 0.1) is 23.3 Å². The van der Waals surface area contributed by atoms with Gasteiger partial charge in [-0.25, -0.2) is 9.83 Å². The summed E-state index contributed by atoms with van der Waals surface area (Å²) in [6, 6.07) is 42.3. The van der Waals surface area contributed by atoms with Crippen molar-refractivity contribution in [3.8, 4) is 17.1 Å². The third-order valence-electron chi connectivity index (χ3n) is 8.21. The highest BCUT2D eigenvalue weighted by molar-refractivity contribution is 6.95. The van der Waals surface area contributed by atoms with Crippen molar-refractivity contribution < 1.29 is 0 Å². The molecule has 0 aliphatic carbocycles. The predicted molar refractivity (Wildman–Crippen MR) is 184 cm³/mol. The molecule has 0 radical (unpaired) electrons. The predicted octanol–water partition coefficient (Wildman–Crippen LogP) is 7.51. The molecule has 5 heteroatoms. The van der Waals surface area contributed by atoms with Gasteiger partial charge < -0.3 is 0 Å². The summed E-state index contributed by atoms with van der Waals surface area (Å²) in [6.45, 7) is 12.3. The van der Waals surface area contributed by atoms with E-state index in [1.54, 1.807) is 6.20 Å². The Kier molecular flexibility index (Phi) is 7.26. The Balaban J connectivity index is 1.47. The minimum absolute atomic E-state index is 0.0866. The maximum absolute atomic E-state index is 7.90. The largest absolute Gasteiger partial charge is 0.294 e. The van der Waals surface area contributed by atoms with Crippen molar-refractivity contribution in [2.75, 3.05) is 0 Å². The summed E-state index contributed by atoms with van der Waals surface area (Å²) < 4.78 is 2.30. The fourth-order valence-corrected chi connectivity index (χ4v) is 6.37. The van der Waals surface area contributed by atoms with Crippen LogP contribution >= 0.6 is 0 Å². The Morgan fingerprint density at radius 1 is 0.682 bits per heavy atom. The van der Waals surface area contributed by atoms with Gasteiger partial charge in [-0.1, -0.05) is 109 Å². The zero-order chi connectivity index (χ0) is 30.0. The fourth-order valence-electron chi connectivity index (χ4n) is 6.37. The van der Waals surface area contributed by atoms with Gasteiger partial charge >= 0.3 is 0 Å². The lowest BCUT2D eigenvalue weighted by Gasteiger charge is -2.18. The lowest BCUT2D eigenvalue weighted by Crippen LogP contribution is -2.52. The average molecular weight is 567 g/mol. The van der Waals surface area contributed by atoms with Crippen molar-refractivity contribution >= 4 is 50.6 Å². The zero-order valence-corrected chi connectivity index (χ0v) is 24.9. The quantitative estimate of drug-likeness (QED) is 0.148. The minimum atomic E-state index is -0.0866.